The monoisotopic (exact) mass is 533 g/mol. The average molecular weight is 534 g/mol. The normalized spacial score (nSPS) is 15.5. The van der Waals surface area contributed by atoms with Crippen molar-refractivity contribution in [2.24, 2.45) is 7.05 Å². The fourth-order valence-electron chi connectivity index (χ4n) is 5.51. The highest BCUT2D eigenvalue weighted by molar-refractivity contribution is 5.68. The molecule has 1 atom stereocenters. The molecule has 8 nitrogen and oxygen atoms in total. The fraction of sp³-hybridized carbons (Fsp3) is 0.516. The van der Waals surface area contributed by atoms with Crippen LogP contribution in [-0.4, -0.2) is 45.7 Å². The topological polar surface area (TPSA) is 95.7 Å². The summed E-state index contributed by atoms with van der Waals surface area (Å²) in [5.74, 6) is 0.974. The molecular formula is C31H39N3O5. The van der Waals surface area contributed by atoms with Crippen molar-refractivity contribution in [2.45, 2.75) is 77.0 Å². The molecule has 3 heterocycles. The molecule has 0 saturated heterocycles. The first-order valence-electron chi connectivity index (χ1n) is 14.0. The van der Waals surface area contributed by atoms with Gasteiger partial charge in [-0.15, -0.1) is 0 Å². The largest absolute Gasteiger partial charge is 0.486 e. The van der Waals surface area contributed by atoms with Gasteiger partial charge in [-0.25, -0.2) is 4.68 Å². The van der Waals surface area contributed by atoms with Crippen molar-refractivity contribution in [3.8, 4) is 17.4 Å². The van der Waals surface area contributed by atoms with Crippen molar-refractivity contribution < 1.29 is 24.1 Å². The van der Waals surface area contributed by atoms with Gasteiger partial charge in [0.05, 0.1) is 18.7 Å². The van der Waals surface area contributed by atoms with Crippen LogP contribution in [0, 0.1) is 0 Å². The van der Waals surface area contributed by atoms with Gasteiger partial charge in [0.1, 0.15) is 13.2 Å². The zero-order valence-electron chi connectivity index (χ0n) is 23.5. The lowest BCUT2D eigenvalue weighted by molar-refractivity contribution is -0.137. The minimum atomic E-state index is -0.850. The van der Waals surface area contributed by atoms with E-state index in [1.165, 1.54) is 24.1 Å². The summed E-state index contributed by atoms with van der Waals surface area (Å²) < 4.78 is 19.7. The van der Waals surface area contributed by atoms with Crippen LogP contribution in [0.1, 0.15) is 79.7 Å². The predicted molar refractivity (Wildman–Crippen MR) is 148 cm³/mol. The number of pyridine rings is 1. The molecule has 0 spiro atoms. The van der Waals surface area contributed by atoms with Crippen LogP contribution < -0.4 is 14.2 Å². The van der Waals surface area contributed by atoms with E-state index in [4.69, 9.17) is 19.2 Å². The summed E-state index contributed by atoms with van der Waals surface area (Å²) in [6.45, 7) is 7.86. The number of carboxylic acid groups (broad SMARTS) is 1. The van der Waals surface area contributed by atoms with E-state index in [0.717, 1.165) is 47.5 Å². The van der Waals surface area contributed by atoms with Crippen molar-refractivity contribution in [1.29, 1.82) is 0 Å². The second kappa shape index (κ2) is 11.3. The molecule has 39 heavy (non-hydrogen) atoms. The van der Waals surface area contributed by atoms with Gasteiger partial charge in [-0.05, 0) is 60.8 Å². The molecule has 2 aliphatic rings. The van der Waals surface area contributed by atoms with E-state index in [1.807, 2.05) is 19.2 Å². The standard InChI is InChI=1S/C31H39N3O5/c1-31(2,3)25-16-22(17-27-30(25)39-14-13-37-27)21(18-29(35)36)15-24-19-28(34(4)33-24)38-12-11-23-10-9-20-7-5-6-8-26(20)32-23/h9-10,16-17,19,21H,5-8,11-15,18H2,1-4H3,(H,35,36). The van der Waals surface area contributed by atoms with Crippen LogP contribution in [0.4, 0.5) is 0 Å². The molecule has 2 aromatic heterocycles. The Kier molecular flexibility index (Phi) is 7.82. The summed E-state index contributed by atoms with van der Waals surface area (Å²) in [6.07, 6.45) is 5.84. The lowest BCUT2D eigenvalue weighted by Crippen LogP contribution is -2.22. The van der Waals surface area contributed by atoms with Crippen LogP contribution in [-0.2, 0) is 42.9 Å². The summed E-state index contributed by atoms with van der Waals surface area (Å²) in [7, 11) is 1.85. The van der Waals surface area contributed by atoms with Crippen molar-refractivity contribution in [3.05, 3.63) is 64.1 Å². The smallest absolute Gasteiger partial charge is 0.303 e. The first-order chi connectivity index (χ1) is 18.7. The summed E-state index contributed by atoms with van der Waals surface area (Å²) in [5.41, 5.74) is 6.20. The molecule has 0 bridgehead atoms. The van der Waals surface area contributed by atoms with Gasteiger partial charge in [0.2, 0.25) is 5.88 Å². The van der Waals surface area contributed by atoms with Gasteiger partial charge < -0.3 is 19.3 Å². The SMILES string of the molecule is Cn1nc(CC(CC(=O)O)c2cc3c(c(C(C)(C)C)c2)OCCO3)cc1OCCc1ccc2c(n1)CCCC2. The molecule has 0 saturated carbocycles. The summed E-state index contributed by atoms with van der Waals surface area (Å²) in [5, 5.41) is 14.4. The van der Waals surface area contributed by atoms with Gasteiger partial charge in [0.25, 0.3) is 0 Å². The van der Waals surface area contributed by atoms with Crippen molar-refractivity contribution in [2.75, 3.05) is 19.8 Å². The molecule has 5 rings (SSSR count). The van der Waals surface area contributed by atoms with E-state index in [2.05, 4.69) is 44.1 Å². The molecule has 1 aliphatic heterocycles. The van der Waals surface area contributed by atoms with Crippen molar-refractivity contribution in [1.82, 2.24) is 14.8 Å². The number of hydrogen-bond acceptors (Lipinski definition) is 6. The minimum Gasteiger partial charge on any atom is -0.486 e. The van der Waals surface area contributed by atoms with Crippen molar-refractivity contribution in [3.63, 3.8) is 0 Å². The first kappa shape index (κ1) is 27.0. The Morgan fingerprint density at radius 1 is 1.10 bits per heavy atom. The Morgan fingerprint density at radius 2 is 1.90 bits per heavy atom. The highest BCUT2D eigenvalue weighted by Crippen LogP contribution is 2.43. The number of carbonyl (C=O) groups is 1. The maximum atomic E-state index is 11.9. The molecule has 0 fully saturated rings. The van der Waals surface area contributed by atoms with E-state index in [9.17, 15) is 9.90 Å². The second-order valence-corrected chi connectivity index (χ2v) is 11.7. The Hall–Kier alpha value is -3.55. The van der Waals surface area contributed by atoms with Gasteiger partial charge in [-0.1, -0.05) is 32.9 Å². The van der Waals surface area contributed by atoms with Crippen LogP contribution in [0.3, 0.4) is 0 Å². The zero-order valence-corrected chi connectivity index (χ0v) is 23.5. The van der Waals surface area contributed by atoms with E-state index in [0.29, 0.717) is 37.9 Å². The molecule has 1 unspecified atom stereocenters. The molecule has 3 aromatic rings. The third-order valence-corrected chi connectivity index (χ3v) is 7.55. The first-order valence-corrected chi connectivity index (χ1v) is 14.0. The molecule has 0 amide bonds. The van der Waals surface area contributed by atoms with Gasteiger partial charge >= 0.3 is 5.97 Å². The number of carboxylic acids is 1. The molecule has 208 valence electrons. The van der Waals surface area contributed by atoms with Crippen LogP contribution >= 0.6 is 0 Å². The van der Waals surface area contributed by atoms with E-state index >= 15 is 0 Å². The number of ether oxygens (including phenoxy) is 3. The van der Waals surface area contributed by atoms with Crippen LogP contribution in [0.2, 0.25) is 0 Å². The number of fused-ring (bicyclic) bond motifs is 2. The fourth-order valence-corrected chi connectivity index (χ4v) is 5.51. The Bertz CT molecular complexity index is 1340. The molecule has 8 heteroatoms. The molecule has 1 aromatic carbocycles. The number of aliphatic carboxylic acids is 1. The summed E-state index contributed by atoms with van der Waals surface area (Å²) in [4.78, 5) is 16.7. The highest BCUT2D eigenvalue weighted by Gasteiger charge is 2.29. The van der Waals surface area contributed by atoms with Crippen LogP contribution in [0.5, 0.6) is 17.4 Å². The third kappa shape index (κ3) is 6.37. The average Bonchev–Trinajstić information content (AvgIpc) is 3.25. The molecule has 1 aliphatic carbocycles. The molecular weight excluding hydrogens is 494 g/mol. The molecule has 1 N–H and O–H groups in total. The van der Waals surface area contributed by atoms with Gasteiger partial charge in [-0.2, -0.15) is 5.10 Å². The van der Waals surface area contributed by atoms with E-state index in [1.54, 1.807) is 4.68 Å². The Morgan fingerprint density at radius 3 is 2.69 bits per heavy atom. The zero-order chi connectivity index (χ0) is 27.6. The predicted octanol–water partition coefficient (Wildman–Crippen LogP) is 5.19. The Labute approximate surface area is 230 Å². The van der Waals surface area contributed by atoms with Gasteiger partial charge in [-0.3, -0.25) is 9.78 Å². The van der Waals surface area contributed by atoms with Crippen LogP contribution in [0.25, 0.3) is 0 Å². The number of nitrogens with zero attached hydrogens (tertiary/aromatic N) is 3. The number of hydrogen-bond donors (Lipinski definition) is 1. The number of rotatable bonds is 9. The Balaban J connectivity index is 1.31. The second-order valence-electron chi connectivity index (χ2n) is 11.7. The maximum absolute atomic E-state index is 11.9. The molecule has 0 radical (unpaired) electrons. The van der Waals surface area contributed by atoms with Gasteiger partial charge in [0, 0.05) is 42.4 Å². The minimum absolute atomic E-state index is 0.0139. The van der Waals surface area contributed by atoms with E-state index < -0.39 is 5.97 Å². The highest BCUT2D eigenvalue weighted by atomic mass is 16.6. The maximum Gasteiger partial charge on any atom is 0.303 e. The number of aromatic nitrogens is 3. The van der Waals surface area contributed by atoms with Crippen molar-refractivity contribution >= 4 is 5.97 Å². The number of aryl methyl sites for hydroxylation is 3. The van der Waals surface area contributed by atoms with Gasteiger partial charge in [0.15, 0.2) is 11.5 Å². The quantitative estimate of drug-likeness (QED) is 0.405. The lowest BCUT2D eigenvalue weighted by atomic mass is 9.81. The summed E-state index contributed by atoms with van der Waals surface area (Å²) >= 11 is 0. The number of benzene rings is 1. The van der Waals surface area contributed by atoms with Crippen LogP contribution in [0.15, 0.2) is 30.3 Å². The summed E-state index contributed by atoms with van der Waals surface area (Å²) in [6, 6.07) is 10.2. The lowest BCUT2D eigenvalue weighted by Gasteiger charge is -2.29. The van der Waals surface area contributed by atoms with E-state index in [-0.39, 0.29) is 17.8 Å². The third-order valence-electron chi connectivity index (χ3n) is 7.55.